The number of alkyl halides is 1. The predicted octanol–water partition coefficient (Wildman–Crippen LogP) is 16.7. The van der Waals surface area contributed by atoms with E-state index >= 15 is 0 Å². The molecule has 4 radical (unpaired) electrons. The van der Waals surface area contributed by atoms with Crippen LogP contribution >= 0.6 is 22.6 Å². The molecule has 4 unspecified atom stereocenters. The van der Waals surface area contributed by atoms with Gasteiger partial charge in [-0.2, -0.15) is 0 Å². The predicted molar refractivity (Wildman–Crippen MR) is 458 cm³/mol. The fourth-order valence-corrected chi connectivity index (χ4v) is 28.6. The molecule has 0 spiro atoms. The van der Waals surface area contributed by atoms with Gasteiger partial charge in [0, 0.05) is 62.5 Å². The molecule has 0 bridgehead atoms. The van der Waals surface area contributed by atoms with Gasteiger partial charge in [-0.1, -0.05) is 29.0 Å². The number of hydrogen-bond donors (Lipinski definition) is 6. The summed E-state index contributed by atoms with van der Waals surface area (Å²) < 4.78 is 63.5. The standard InChI is InChI=1S/C25H26INO5.C25H27NO6.C25H29NO5.3C4H9.Al.B.HN.Sn.H/c1-30-21-11-18-16-6-9-27(8-5-4-7-26)25(29)24(16)20-13-23(32-3)22(31-2)12-19(20)17(18)10-15(21)14-28;1-30-19-10-16-14(8-13(19)12-27)15-9-20(31-2)21(32-3)11-17(15)23-22(16)24(28)18-6-4-5-7-26(18)25(23)29;1-29-21-11-18-15(8-14(21)13-27)16-9-22(30-2)23(31-3)10-17(16)19-12-26-7-5-4-6-20(26)25(28)24(18)19;3*1-3-4-2;;;;;/h6,9-13,28H,4-5,7-8,14H2,1-3H3;8-11,18,24,27-28H,4-7,12H2,1-3H3;8-11,20,25,27-28H,4-7,12-13H2,1-3H3;3*1,3-4H2,2H3;;;1H;;. The normalized spacial score (nSPS) is 16.3. The Morgan fingerprint density at radius 1 is 0.459 bits per heavy atom. The van der Waals surface area contributed by atoms with Gasteiger partial charge in [-0.25, -0.2) is 0 Å². The number of pyridine rings is 1. The van der Waals surface area contributed by atoms with Crippen LogP contribution < -0.4 is 48.2 Å². The molecule has 4 atom stereocenters. The summed E-state index contributed by atoms with van der Waals surface area (Å²) in [7, 11) is 14.3. The average Bonchev–Trinajstić information content (AvgIpc) is 0.720. The summed E-state index contributed by atoms with van der Waals surface area (Å²) in [6.45, 7) is 9.66. The number of halogens is 1. The monoisotopic (exact) mass is 1750 g/mol. The van der Waals surface area contributed by atoms with E-state index in [1.54, 1.807) is 98.0 Å². The number of nitrogens with one attached hydrogen (secondary N) is 1. The van der Waals surface area contributed by atoms with Crippen LogP contribution in [-0.2, 0) is 32.9 Å². The molecule has 111 heavy (non-hydrogen) atoms. The van der Waals surface area contributed by atoms with Crippen molar-refractivity contribution in [2.45, 2.75) is 181 Å². The van der Waals surface area contributed by atoms with Gasteiger partial charge in [0.25, 0.3) is 11.5 Å². The van der Waals surface area contributed by atoms with Crippen molar-refractivity contribution in [1.29, 1.82) is 4.35 Å². The Morgan fingerprint density at radius 2 is 0.838 bits per heavy atom. The van der Waals surface area contributed by atoms with Crippen molar-refractivity contribution in [2.24, 2.45) is 0 Å². The summed E-state index contributed by atoms with van der Waals surface area (Å²) in [6, 6.07) is 24.8. The molecule has 4 aliphatic heterocycles. The Bertz CT molecular complexity index is 4950. The number of aliphatic hydroxyl groups is 5. The van der Waals surface area contributed by atoms with Crippen molar-refractivity contribution in [1.82, 2.24) is 14.4 Å². The Morgan fingerprint density at radius 3 is 1.31 bits per heavy atom. The van der Waals surface area contributed by atoms with Gasteiger partial charge in [0.1, 0.15) is 23.4 Å². The third-order valence-corrected chi connectivity index (χ3v) is 34.0. The molecule has 1 aromatic heterocycles. The van der Waals surface area contributed by atoms with Crippen molar-refractivity contribution >= 4 is 148 Å². The number of ether oxygens (including phenoxy) is 9. The number of fused-ring (bicyclic) bond motifs is 20. The van der Waals surface area contributed by atoms with Gasteiger partial charge in [0.15, 0.2) is 34.5 Å². The summed E-state index contributed by atoms with van der Waals surface area (Å²) in [5, 5.41) is 64.8. The molecule has 10 aromatic rings. The number of piperidine rings is 2. The van der Waals surface area contributed by atoms with Gasteiger partial charge in [0.2, 0.25) is 0 Å². The Hall–Kier alpha value is -6.89. The first-order valence-corrected chi connectivity index (χ1v) is 47.9. The fraction of sp³-hybridized carbons (Fsp3) is 0.471. The second-order valence-electron chi connectivity index (χ2n) is 28.8. The van der Waals surface area contributed by atoms with E-state index in [4.69, 9.17) is 47.0 Å². The van der Waals surface area contributed by atoms with Crippen LogP contribution in [0.15, 0.2) is 89.9 Å². The van der Waals surface area contributed by atoms with Crippen molar-refractivity contribution in [3.63, 3.8) is 0 Å². The van der Waals surface area contributed by atoms with Crippen LogP contribution in [0, 0.1) is 4.35 Å². The summed E-state index contributed by atoms with van der Waals surface area (Å²) in [6.07, 6.45) is 17.4. The second kappa shape index (κ2) is 41.4. The maximum atomic E-state index is 13.8. The van der Waals surface area contributed by atoms with Crippen molar-refractivity contribution < 1.29 is 73.0 Å². The quantitative estimate of drug-likeness (QED) is 0.0102. The molecular weight excluding hydrogens is 1640 g/mol. The minimum atomic E-state index is -0.967. The first-order chi connectivity index (χ1) is 53.6. The Kier molecular flexibility index (Phi) is 32.9. The molecule has 0 saturated carbocycles. The summed E-state index contributed by atoms with van der Waals surface area (Å²) in [5.41, 5.74) is 5.23. The second-order valence-corrected chi connectivity index (χ2v) is 39.8. The topological polar surface area (TPSA) is 254 Å². The molecule has 6 N–H and O–H groups in total. The molecule has 20 nitrogen and oxygen atoms in total. The third-order valence-electron chi connectivity index (χ3n) is 22.8. The zero-order valence-electron chi connectivity index (χ0n) is 66.7. The number of benzene rings is 9. The van der Waals surface area contributed by atoms with Crippen LogP contribution in [0.25, 0.3) is 75.4 Å². The molecule has 0 aliphatic carbocycles. The minimum absolute atomic E-state index is 0. The number of aryl methyl sites for hydroxylation is 1. The Labute approximate surface area is 683 Å². The van der Waals surface area contributed by atoms with E-state index in [-0.39, 0.29) is 51.8 Å². The Balaban J connectivity index is 0.000000175. The summed E-state index contributed by atoms with van der Waals surface area (Å²) in [4.78, 5) is 31.6. The van der Waals surface area contributed by atoms with Crippen LogP contribution in [0.2, 0.25) is 13.3 Å². The molecule has 5 heterocycles. The molecule has 2 saturated heterocycles. The molecule has 1 amide bonds. The van der Waals surface area contributed by atoms with Crippen molar-refractivity contribution in [3.05, 3.63) is 134 Å². The third kappa shape index (κ3) is 18.1. The first-order valence-electron chi connectivity index (χ1n) is 38.8. The fourth-order valence-electron chi connectivity index (χ4n) is 17.1. The molecule has 2 fully saturated rings. The molecule has 14 rings (SSSR count). The molecule has 4 aliphatic rings. The number of carbonyl (C=O) groups excluding carboxylic acids is 1. The van der Waals surface area contributed by atoms with E-state index in [1.165, 1.54) is 38.5 Å². The van der Waals surface area contributed by atoms with E-state index in [0.717, 1.165) is 150 Å². The molecule has 9 aromatic carbocycles. The number of nitrogens with zero attached hydrogens (tertiary/aromatic N) is 3. The molecular formula is C87H111AlBIN4O16Sn. The molecule has 24 heteroatoms. The van der Waals surface area contributed by atoms with Gasteiger partial charge in [-0.15, -0.1) is 0 Å². The number of carbonyl (C=O) groups is 1. The van der Waals surface area contributed by atoms with Gasteiger partial charge >= 0.3 is 113 Å². The van der Waals surface area contributed by atoms with E-state index < -0.39 is 32.0 Å². The summed E-state index contributed by atoms with van der Waals surface area (Å²) in [5.74, 6) is 5.21. The molecule has 592 valence electrons. The van der Waals surface area contributed by atoms with Gasteiger partial charge in [-0.05, 0) is 216 Å². The van der Waals surface area contributed by atoms with Crippen LogP contribution in [0.3, 0.4) is 0 Å². The van der Waals surface area contributed by atoms with Crippen molar-refractivity contribution in [3.8, 4) is 51.7 Å². The average molecular weight is 1750 g/mol. The first kappa shape index (κ1) is 88.1. The number of methoxy groups -OCH3 is 9. The maximum absolute atomic E-state index is 13.8. The van der Waals surface area contributed by atoms with Crippen LogP contribution in [0.1, 0.15) is 167 Å². The van der Waals surface area contributed by atoms with Gasteiger partial charge < -0.3 is 77.6 Å². The van der Waals surface area contributed by atoms with Gasteiger partial charge in [-0.3, -0.25) is 14.5 Å². The van der Waals surface area contributed by atoms with E-state index in [2.05, 4.69) is 48.3 Å². The SMILES string of the molecule is CCC[CH2][SnH]([CH2]CCC)[CH2]CCC.COc1cc2c(cc1CO)c1cc(OC)c(OC)cc1c1c(=O)n(CCCCI)ccc21.COc1cc2c3c(c4cc(OC)c(OC)cc4c2cc1CO)C(=O)N1CCCCC1C3O.COc1cc2c3c(c4cc(OC)c(OC)cc4c2cc1CO)CN1CCCCC1C3O.[B].[NH]=[Al]. The van der Waals surface area contributed by atoms with Crippen LogP contribution in [0.4, 0.5) is 0 Å². The number of aromatic nitrogens is 1. The zero-order valence-corrected chi connectivity index (χ0v) is 73.4. The van der Waals surface area contributed by atoms with E-state index in [9.17, 15) is 35.1 Å². The van der Waals surface area contributed by atoms with Crippen LogP contribution in [-0.4, -0.2) is 184 Å². The van der Waals surface area contributed by atoms with Crippen molar-refractivity contribution in [2.75, 3.05) is 81.5 Å². The number of amides is 1. The number of rotatable bonds is 25. The zero-order chi connectivity index (χ0) is 79.0. The number of unbranched alkanes of at least 4 members (excludes halogenated alkanes) is 4. The van der Waals surface area contributed by atoms with Crippen LogP contribution in [0.5, 0.6) is 51.7 Å². The number of aliphatic hydroxyl groups excluding tert-OH is 5. The van der Waals surface area contributed by atoms with E-state index in [0.29, 0.717) is 97.9 Å². The van der Waals surface area contributed by atoms with E-state index in [1.807, 2.05) is 90.0 Å². The van der Waals surface area contributed by atoms with Gasteiger partial charge in [0.05, 0.1) is 107 Å². The number of hydrogen-bond acceptors (Lipinski definition) is 18. The summed E-state index contributed by atoms with van der Waals surface area (Å²) >= 11 is 3.06.